The van der Waals surface area contributed by atoms with Crippen LogP contribution in [0.15, 0.2) is 11.1 Å². The van der Waals surface area contributed by atoms with Crippen molar-refractivity contribution in [3.05, 3.63) is 11.1 Å². The van der Waals surface area contributed by atoms with Crippen LogP contribution in [0.2, 0.25) is 0 Å². The number of hydrogen-bond donors (Lipinski definition) is 1. The van der Waals surface area contributed by atoms with Crippen LogP contribution in [0, 0.1) is 5.41 Å². The average Bonchev–Trinajstić information content (AvgIpc) is 2.51. The molecule has 0 spiro atoms. The van der Waals surface area contributed by atoms with Gasteiger partial charge in [0.2, 0.25) is 0 Å². The number of aliphatic hydroxyl groups is 1. The molecular formula is C17H26O5. The van der Waals surface area contributed by atoms with E-state index in [0.717, 1.165) is 17.6 Å². The third-order valence-corrected chi connectivity index (χ3v) is 4.94. The summed E-state index contributed by atoms with van der Waals surface area (Å²) in [5, 5.41) is 10.2. The van der Waals surface area contributed by atoms with Crippen LogP contribution in [0.1, 0.15) is 59.8 Å². The molecule has 5 heteroatoms. The molecule has 4 atom stereocenters. The number of hydrogen-bond acceptors (Lipinski definition) is 5. The summed E-state index contributed by atoms with van der Waals surface area (Å²) >= 11 is 0. The largest absolute Gasteiger partial charge is 0.463 e. The fraction of sp³-hybridized carbons (Fsp3) is 0.765. The summed E-state index contributed by atoms with van der Waals surface area (Å²) in [6.07, 6.45) is 2.50. The summed E-state index contributed by atoms with van der Waals surface area (Å²) in [4.78, 5) is 22.8. The molecule has 1 saturated carbocycles. The number of carbonyl (C=O) groups is 2. The first kappa shape index (κ1) is 17.0. The SMILES string of the molecule is CC(=O)O[C@H]1CC[C@H](OC(C)=O)C2=C(C)[C@H](O)CC[C@@]2(C)C1. The maximum Gasteiger partial charge on any atom is 0.303 e. The fourth-order valence-electron chi connectivity index (χ4n) is 4.06. The molecule has 0 amide bonds. The normalized spacial score (nSPS) is 35.4. The summed E-state index contributed by atoms with van der Waals surface area (Å²) < 4.78 is 11.0. The van der Waals surface area contributed by atoms with Gasteiger partial charge in [0.15, 0.2) is 0 Å². The Morgan fingerprint density at radius 1 is 1.14 bits per heavy atom. The highest BCUT2D eigenvalue weighted by molar-refractivity contribution is 5.67. The van der Waals surface area contributed by atoms with Crippen molar-refractivity contribution in [3.63, 3.8) is 0 Å². The molecule has 0 aromatic heterocycles. The minimum absolute atomic E-state index is 0.166. The van der Waals surface area contributed by atoms with Crippen LogP contribution in [0.5, 0.6) is 0 Å². The molecule has 0 aromatic rings. The Hall–Kier alpha value is -1.36. The molecule has 5 nitrogen and oxygen atoms in total. The van der Waals surface area contributed by atoms with Gasteiger partial charge in [0.1, 0.15) is 12.2 Å². The first-order chi connectivity index (χ1) is 10.2. The average molecular weight is 310 g/mol. The number of aliphatic hydroxyl groups excluding tert-OH is 1. The highest BCUT2D eigenvalue weighted by atomic mass is 16.5. The van der Waals surface area contributed by atoms with Gasteiger partial charge in [-0.25, -0.2) is 0 Å². The predicted molar refractivity (Wildman–Crippen MR) is 81.0 cm³/mol. The van der Waals surface area contributed by atoms with Gasteiger partial charge in [0.05, 0.1) is 6.10 Å². The summed E-state index contributed by atoms with van der Waals surface area (Å²) in [7, 11) is 0. The molecular weight excluding hydrogens is 284 g/mol. The highest BCUT2D eigenvalue weighted by Gasteiger charge is 2.45. The molecule has 124 valence electrons. The van der Waals surface area contributed by atoms with E-state index in [9.17, 15) is 14.7 Å². The molecule has 0 aliphatic heterocycles. The molecule has 0 unspecified atom stereocenters. The predicted octanol–water partition coefficient (Wildman–Crippen LogP) is 2.51. The van der Waals surface area contributed by atoms with E-state index < -0.39 is 6.10 Å². The van der Waals surface area contributed by atoms with Gasteiger partial charge in [-0.1, -0.05) is 6.92 Å². The molecule has 0 radical (unpaired) electrons. The van der Waals surface area contributed by atoms with Gasteiger partial charge >= 0.3 is 11.9 Å². The third-order valence-electron chi connectivity index (χ3n) is 4.94. The van der Waals surface area contributed by atoms with E-state index in [2.05, 4.69) is 6.92 Å². The number of ether oxygens (including phenoxy) is 2. The van der Waals surface area contributed by atoms with E-state index in [1.807, 2.05) is 6.92 Å². The quantitative estimate of drug-likeness (QED) is 0.626. The number of carbonyl (C=O) groups excluding carboxylic acids is 2. The van der Waals surface area contributed by atoms with Crippen molar-refractivity contribution >= 4 is 11.9 Å². The van der Waals surface area contributed by atoms with E-state index in [1.165, 1.54) is 13.8 Å². The Labute approximate surface area is 131 Å². The Balaban J connectivity index is 2.38. The lowest BCUT2D eigenvalue weighted by atomic mass is 9.67. The Bertz CT molecular complexity index is 495. The Kier molecular flexibility index (Phi) is 4.95. The summed E-state index contributed by atoms with van der Waals surface area (Å²) in [6.45, 7) is 6.86. The molecule has 0 bridgehead atoms. The van der Waals surface area contributed by atoms with Gasteiger partial charge in [0, 0.05) is 13.8 Å². The van der Waals surface area contributed by atoms with Crippen LogP contribution < -0.4 is 0 Å². The molecule has 0 saturated heterocycles. The Morgan fingerprint density at radius 2 is 1.77 bits per heavy atom. The van der Waals surface area contributed by atoms with E-state index in [-0.39, 0.29) is 29.6 Å². The van der Waals surface area contributed by atoms with E-state index in [1.54, 1.807) is 0 Å². The van der Waals surface area contributed by atoms with Crippen molar-refractivity contribution in [1.29, 1.82) is 0 Å². The van der Waals surface area contributed by atoms with Gasteiger partial charge in [-0.05, 0) is 55.6 Å². The zero-order valence-corrected chi connectivity index (χ0v) is 13.8. The first-order valence-electron chi connectivity index (χ1n) is 7.96. The van der Waals surface area contributed by atoms with Crippen LogP contribution in [0.4, 0.5) is 0 Å². The van der Waals surface area contributed by atoms with Crippen LogP contribution >= 0.6 is 0 Å². The second-order valence-electron chi connectivity index (χ2n) is 6.82. The van der Waals surface area contributed by atoms with Crippen LogP contribution in [-0.4, -0.2) is 35.4 Å². The molecule has 22 heavy (non-hydrogen) atoms. The van der Waals surface area contributed by atoms with Crippen molar-refractivity contribution < 1.29 is 24.2 Å². The molecule has 2 aliphatic rings. The summed E-state index contributed by atoms with van der Waals surface area (Å²) in [5.41, 5.74) is 1.72. The van der Waals surface area contributed by atoms with Gasteiger partial charge in [-0.3, -0.25) is 9.59 Å². The van der Waals surface area contributed by atoms with E-state index in [4.69, 9.17) is 9.47 Å². The minimum Gasteiger partial charge on any atom is -0.463 e. The molecule has 2 rings (SSSR count). The zero-order valence-electron chi connectivity index (χ0n) is 13.8. The number of rotatable bonds is 2. The van der Waals surface area contributed by atoms with Crippen LogP contribution in [-0.2, 0) is 19.1 Å². The van der Waals surface area contributed by atoms with Gasteiger partial charge in [-0.15, -0.1) is 0 Å². The smallest absolute Gasteiger partial charge is 0.303 e. The lowest BCUT2D eigenvalue weighted by Crippen LogP contribution is -2.37. The number of fused-ring (bicyclic) bond motifs is 1. The maximum absolute atomic E-state index is 11.5. The number of esters is 2. The van der Waals surface area contributed by atoms with E-state index >= 15 is 0 Å². The van der Waals surface area contributed by atoms with Crippen LogP contribution in [0.3, 0.4) is 0 Å². The Morgan fingerprint density at radius 3 is 2.36 bits per heavy atom. The molecule has 0 aromatic carbocycles. The molecule has 1 fully saturated rings. The maximum atomic E-state index is 11.5. The van der Waals surface area contributed by atoms with Crippen molar-refractivity contribution in [3.8, 4) is 0 Å². The second kappa shape index (κ2) is 6.41. The van der Waals surface area contributed by atoms with Crippen molar-refractivity contribution in [2.24, 2.45) is 5.41 Å². The minimum atomic E-state index is -0.480. The highest BCUT2D eigenvalue weighted by Crippen LogP contribution is 2.49. The standard InChI is InChI=1S/C17H26O5/c1-10-14(20)7-8-17(4)9-13(21-11(2)18)5-6-15(16(10)17)22-12(3)19/h13-15,20H,5-9H2,1-4H3/t13-,14+,15-,17-/m0/s1. The molecule has 2 aliphatic carbocycles. The van der Waals surface area contributed by atoms with E-state index in [0.29, 0.717) is 25.7 Å². The molecule has 0 heterocycles. The first-order valence-corrected chi connectivity index (χ1v) is 7.96. The monoisotopic (exact) mass is 310 g/mol. The van der Waals surface area contributed by atoms with Gasteiger partial charge < -0.3 is 14.6 Å². The second-order valence-corrected chi connectivity index (χ2v) is 6.82. The van der Waals surface area contributed by atoms with Crippen LogP contribution in [0.25, 0.3) is 0 Å². The molecule has 1 N–H and O–H groups in total. The summed E-state index contributed by atoms with van der Waals surface area (Å²) in [5.74, 6) is -0.601. The third kappa shape index (κ3) is 3.51. The summed E-state index contributed by atoms with van der Waals surface area (Å²) in [6, 6.07) is 0. The lowest BCUT2D eigenvalue weighted by molar-refractivity contribution is -0.149. The lowest BCUT2D eigenvalue weighted by Gasteiger charge is -2.41. The van der Waals surface area contributed by atoms with Gasteiger partial charge in [-0.2, -0.15) is 0 Å². The fourth-order valence-corrected chi connectivity index (χ4v) is 4.06. The van der Waals surface area contributed by atoms with Crippen molar-refractivity contribution in [2.75, 3.05) is 0 Å². The van der Waals surface area contributed by atoms with Gasteiger partial charge in [0.25, 0.3) is 0 Å². The topological polar surface area (TPSA) is 72.8 Å². The van der Waals surface area contributed by atoms with Crippen molar-refractivity contribution in [1.82, 2.24) is 0 Å². The zero-order chi connectivity index (χ0) is 16.5. The van der Waals surface area contributed by atoms with Crippen molar-refractivity contribution in [2.45, 2.75) is 78.1 Å².